The van der Waals surface area contributed by atoms with E-state index in [9.17, 15) is 4.39 Å². The highest BCUT2D eigenvalue weighted by atomic mass is 19.1. The number of aryl methyl sites for hydroxylation is 1. The molecule has 4 nitrogen and oxygen atoms in total. The Labute approximate surface area is 124 Å². The fraction of sp³-hybridized carbons (Fsp3) is 0.375. The number of halogens is 1. The van der Waals surface area contributed by atoms with Crippen molar-refractivity contribution in [1.82, 2.24) is 9.97 Å². The van der Waals surface area contributed by atoms with Crippen molar-refractivity contribution in [1.29, 1.82) is 0 Å². The zero-order valence-corrected chi connectivity index (χ0v) is 12.7. The van der Waals surface area contributed by atoms with E-state index in [1.54, 1.807) is 31.5 Å². The third-order valence-corrected chi connectivity index (χ3v) is 3.25. The summed E-state index contributed by atoms with van der Waals surface area (Å²) >= 11 is 0. The molecule has 0 spiro atoms. The van der Waals surface area contributed by atoms with Crippen LogP contribution in [-0.2, 0) is 0 Å². The van der Waals surface area contributed by atoms with Gasteiger partial charge in [0.15, 0.2) is 0 Å². The lowest BCUT2D eigenvalue weighted by atomic mass is 10.1. The SMILES string of the molecule is CCCNc1cncc(NC(C)c2ccc(C)c(F)c2)n1. The van der Waals surface area contributed by atoms with Gasteiger partial charge in [0.25, 0.3) is 0 Å². The van der Waals surface area contributed by atoms with Gasteiger partial charge in [0, 0.05) is 6.54 Å². The van der Waals surface area contributed by atoms with Crippen molar-refractivity contribution in [3.8, 4) is 0 Å². The molecular formula is C16H21FN4. The van der Waals surface area contributed by atoms with Crippen molar-refractivity contribution < 1.29 is 4.39 Å². The van der Waals surface area contributed by atoms with Crippen LogP contribution in [0.1, 0.15) is 37.4 Å². The number of nitrogens with zero attached hydrogens (tertiary/aromatic N) is 2. The van der Waals surface area contributed by atoms with E-state index < -0.39 is 0 Å². The van der Waals surface area contributed by atoms with Crippen molar-refractivity contribution >= 4 is 11.6 Å². The summed E-state index contributed by atoms with van der Waals surface area (Å²) in [4.78, 5) is 8.59. The Balaban J connectivity index is 2.07. The monoisotopic (exact) mass is 288 g/mol. The van der Waals surface area contributed by atoms with Gasteiger partial charge in [-0.05, 0) is 37.5 Å². The normalized spacial score (nSPS) is 12.0. The summed E-state index contributed by atoms with van der Waals surface area (Å²) in [5.74, 6) is 1.22. The molecule has 1 heterocycles. The molecule has 1 aromatic carbocycles. The van der Waals surface area contributed by atoms with Crippen molar-refractivity contribution in [3.05, 3.63) is 47.5 Å². The second-order valence-corrected chi connectivity index (χ2v) is 5.09. The van der Waals surface area contributed by atoms with E-state index in [-0.39, 0.29) is 11.9 Å². The molecule has 1 aromatic heterocycles. The van der Waals surface area contributed by atoms with Gasteiger partial charge in [-0.25, -0.2) is 9.37 Å². The van der Waals surface area contributed by atoms with Gasteiger partial charge < -0.3 is 10.6 Å². The molecular weight excluding hydrogens is 267 g/mol. The topological polar surface area (TPSA) is 49.8 Å². The first-order valence-electron chi connectivity index (χ1n) is 7.18. The number of hydrogen-bond donors (Lipinski definition) is 2. The second kappa shape index (κ2) is 7.02. The molecule has 0 fully saturated rings. The van der Waals surface area contributed by atoms with Crippen LogP contribution in [0.2, 0.25) is 0 Å². The molecule has 0 saturated heterocycles. The lowest BCUT2D eigenvalue weighted by molar-refractivity contribution is 0.614. The molecule has 21 heavy (non-hydrogen) atoms. The van der Waals surface area contributed by atoms with Crippen LogP contribution in [-0.4, -0.2) is 16.5 Å². The predicted molar refractivity (Wildman–Crippen MR) is 84.0 cm³/mol. The predicted octanol–water partition coefficient (Wildman–Crippen LogP) is 3.92. The molecule has 0 radical (unpaired) electrons. The summed E-state index contributed by atoms with van der Waals surface area (Å²) in [6.45, 7) is 6.68. The maximum Gasteiger partial charge on any atom is 0.147 e. The van der Waals surface area contributed by atoms with E-state index in [1.807, 2.05) is 13.0 Å². The standard InChI is InChI=1S/C16H21FN4/c1-4-7-19-15-9-18-10-16(21-15)20-12(3)13-6-5-11(2)14(17)8-13/h5-6,8-10,12H,4,7H2,1-3H3,(H2,19,20,21). The number of aromatic nitrogens is 2. The molecule has 5 heteroatoms. The van der Waals surface area contributed by atoms with E-state index in [4.69, 9.17) is 0 Å². The van der Waals surface area contributed by atoms with Gasteiger partial charge in [-0.15, -0.1) is 0 Å². The van der Waals surface area contributed by atoms with Gasteiger partial charge in [0.05, 0.1) is 18.4 Å². The number of hydrogen-bond acceptors (Lipinski definition) is 4. The quantitative estimate of drug-likeness (QED) is 0.846. The fourth-order valence-electron chi connectivity index (χ4n) is 1.96. The minimum Gasteiger partial charge on any atom is -0.369 e. The first-order valence-corrected chi connectivity index (χ1v) is 7.18. The lowest BCUT2D eigenvalue weighted by Crippen LogP contribution is -2.10. The highest BCUT2D eigenvalue weighted by Crippen LogP contribution is 2.20. The molecule has 0 saturated carbocycles. The first-order chi connectivity index (χ1) is 10.1. The van der Waals surface area contributed by atoms with Crippen LogP contribution in [0.4, 0.5) is 16.0 Å². The summed E-state index contributed by atoms with van der Waals surface area (Å²) < 4.78 is 13.6. The van der Waals surface area contributed by atoms with Gasteiger partial charge in [-0.1, -0.05) is 19.1 Å². The minimum atomic E-state index is -0.189. The maximum atomic E-state index is 13.6. The van der Waals surface area contributed by atoms with Crippen LogP contribution in [0, 0.1) is 12.7 Å². The van der Waals surface area contributed by atoms with Crippen LogP contribution < -0.4 is 10.6 Å². The number of anilines is 2. The molecule has 0 amide bonds. The second-order valence-electron chi connectivity index (χ2n) is 5.09. The summed E-state index contributed by atoms with van der Waals surface area (Å²) in [6, 6.07) is 5.21. The van der Waals surface area contributed by atoms with E-state index in [1.165, 1.54) is 0 Å². The van der Waals surface area contributed by atoms with Crippen LogP contribution in [0.15, 0.2) is 30.6 Å². The zero-order valence-electron chi connectivity index (χ0n) is 12.7. The Morgan fingerprint density at radius 1 is 1.24 bits per heavy atom. The van der Waals surface area contributed by atoms with Crippen molar-refractivity contribution in [2.24, 2.45) is 0 Å². The van der Waals surface area contributed by atoms with Crippen molar-refractivity contribution in [3.63, 3.8) is 0 Å². The highest BCUT2D eigenvalue weighted by molar-refractivity contribution is 5.43. The average Bonchev–Trinajstić information content (AvgIpc) is 2.48. The smallest absolute Gasteiger partial charge is 0.147 e. The molecule has 2 N–H and O–H groups in total. The lowest BCUT2D eigenvalue weighted by Gasteiger charge is -2.16. The van der Waals surface area contributed by atoms with E-state index in [0.29, 0.717) is 11.4 Å². The third kappa shape index (κ3) is 4.15. The molecule has 112 valence electrons. The summed E-state index contributed by atoms with van der Waals surface area (Å²) in [5, 5.41) is 6.43. The zero-order chi connectivity index (χ0) is 15.2. The Morgan fingerprint density at radius 3 is 2.71 bits per heavy atom. The summed E-state index contributed by atoms with van der Waals surface area (Å²) in [7, 11) is 0. The Hall–Kier alpha value is -2.17. The molecule has 1 unspecified atom stereocenters. The van der Waals surface area contributed by atoms with Crippen LogP contribution >= 0.6 is 0 Å². The number of rotatable bonds is 6. The molecule has 0 aliphatic heterocycles. The van der Waals surface area contributed by atoms with E-state index >= 15 is 0 Å². The fourth-order valence-corrected chi connectivity index (χ4v) is 1.96. The summed E-state index contributed by atoms with van der Waals surface area (Å²) in [6.07, 6.45) is 4.38. The first kappa shape index (κ1) is 15.2. The van der Waals surface area contributed by atoms with Crippen LogP contribution in [0.25, 0.3) is 0 Å². The molecule has 0 bridgehead atoms. The van der Waals surface area contributed by atoms with Gasteiger partial charge in [-0.3, -0.25) is 4.98 Å². The molecule has 0 aliphatic rings. The Bertz CT molecular complexity index is 601. The van der Waals surface area contributed by atoms with Gasteiger partial charge in [-0.2, -0.15) is 0 Å². The van der Waals surface area contributed by atoms with Crippen molar-refractivity contribution in [2.45, 2.75) is 33.2 Å². The minimum absolute atomic E-state index is 0.0455. The Morgan fingerprint density at radius 2 is 2.00 bits per heavy atom. The third-order valence-electron chi connectivity index (χ3n) is 3.25. The average molecular weight is 288 g/mol. The maximum absolute atomic E-state index is 13.6. The van der Waals surface area contributed by atoms with Crippen LogP contribution in [0.5, 0.6) is 0 Å². The molecule has 0 aliphatic carbocycles. The number of benzene rings is 1. The van der Waals surface area contributed by atoms with E-state index in [2.05, 4.69) is 27.5 Å². The highest BCUT2D eigenvalue weighted by Gasteiger charge is 2.09. The van der Waals surface area contributed by atoms with Gasteiger partial charge in [0.1, 0.15) is 17.5 Å². The van der Waals surface area contributed by atoms with Crippen molar-refractivity contribution in [2.75, 3.05) is 17.2 Å². The number of nitrogens with one attached hydrogen (secondary N) is 2. The Kier molecular flexibility index (Phi) is 5.09. The molecule has 2 rings (SSSR count). The van der Waals surface area contributed by atoms with Gasteiger partial charge in [0.2, 0.25) is 0 Å². The van der Waals surface area contributed by atoms with Gasteiger partial charge >= 0.3 is 0 Å². The largest absolute Gasteiger partial charge is 0.369 e. The van der Waals surface area contributed by atoms with E-state index in [0.717, 1.165) is 24.3 Å². The molecule has 2 aromatic rings. The summed E-state index contributed by atoms with van der Waals surface area (Å²) in [5.41, 5.74) is 1.53. The van der Waals surface area contributed by atoms with Crippen LogP contribution in [0.3, 0.4) is 0 Å². The molecule has 1 atom stereocenters.